The summed E-state index contributed by atoms with van der Waals surface area (Å²) >= 11 is 0.718. The number of nitrogens with zero attached hydrogens (tertiary/aromatic N) is 1. The molecule has 0 fully saturated rings. The molecule has 0 aliphatic heterocycles. The van der Waals surface area contributed by atoms with Crippen molar-refractivity contribution in [1.29, 1.82) is 5.26 Å². The first-order valence-electron chi connectivity index (χ1n) is 6.68. The Bertz CT molecular complexity index is 990. The number of sulfone groups is 1. The van der Waals surface area contributed by atoms with Crippen LogP contribution in [0.15, 0.2) is 22.4 Å². The van der Waals surface area contributed by atoms with Crippen LogP contribution >= 0.6 is 11.3 Å². The van der Waals surface area contributed by atoms with Gasteiger partial charge in [0.2, 0.25) is 0 Å². The predicted molar refractivity (Wildman–Crippen MR) is 81.1 cm³/mol. The van der Waals surface area contributed by atoms with Crippen molar-refractivity contribution in [1.82, 2.24) is 0 Å². The Kier molecular flexibility index (Phi) is 3.75. The Balaban J connectivity index is 2.28. The maximum atomic E-state index is 13.9. The molecule has 0 saturated carbocycles. The molecule has 0 spiro atoms. The molecule has 1 N–H and O–H groups in total. The second-order valence-corrected chi connectivity index (χ2v) is 8.76. The van der Waals surface area contributed by atoms with Crippen molar-refractivity contribution in [3.63, 3.8) is 0 Å². The summed E-state index contributed by atoms with van der Waals surface area (Å²) in [5, 5.41) is 18.6. The molecule has 0 saturated heterocycles. The number of benzene rings is 1. The fourth-order valence-electron chi connectivity index (χ4n) is 2.71. The standard InChI is InChI=1S/C15H10F3NO3S2/c1-24(21,22)14-11-9(5-15(17,18)13(11)20)12(23-14)7-2-3-8(6-19)10(16)4-7/h2-4,13,20H,5H2,1H3/t13-/m0/s1. The molecule has 24 heavy (non-hydrogen) atoms. The molecular formula is C15H10F3NO3S2. The quantitative estimate of drug-likeness (QED) is 0.878. The maximum absolute atomic E-state index is 13.9. The van der Waals surface area contributed by atoms with Gasteiger partial charge in [0.05, 0.1) is 5.56 Å². The lowest BCUT2D eigenvalue weighted by molar-refractivity contribution is -0.0975. The second-order valence-electron chi connectivity index (χ2n) is 5.53. The number of rotatable bonds is 2. The molecule has 1 heterocycles. The minimum Gasteiger partial charge on any atom is -0.382 e. The third kappa shape index (κ3) is 2.51. The van der Waals surface area contributed by atoms with E-state index >= 15 is 0 Å². The van der Waals surface area contributed by atoms with Gasteiger partial charge in [0.1, 0.15) is 22.2 Å². The molecule has 1 aromatic carbocycles. The second kappa shape index (κ2) is 5.31. The van der Waals surface area contributed by atoms with Gasteiger partial charge in [-0.1, -0.05) is 6.07 Å². The molecule has 0 amide bonds. The fourth-order valence-corrected chi connectivity index (χ4v) is 5.28. The molecule has 9 heteroatoms. The first-order valence-corrected chi connectivity index (χ1v) is 9.38. The SMILES string of the molecule is CS(=O)(=O)c1sc(-c2ccc(C#N)c(F)c2)c2c1[C@H](O)C(F)(F)C2. The van der Waals surface area contributed by atoms with E-state index in [2.05, 4.69) is 0 Å². The molecule has 0 unspecified atom stereocenters. The number of halogens is 3. The molecular weight excluding hydrogens is 363 g/mol. The summed E-state index contributed by atoms with van der Waals surface area (Å²) in [4.78, 5) is 0.157. The highest BCUT2D eigenvalue weighted by Crippen LogP contribution is 2.53. The Morgan fingerprint density at radius 1 is 1.42 bits per heavy atom. The molecule has 1 aromatic heterocycles. The highest BCUT2D eigenvalue weighted by atomic mass is 32.2. The zero-order valence-electron chi connectivity index (χ0n) is 12.2. The van der Waals surface area contributed by atoms with Crippen LogP contribution in [0, 0.1) is 17.1 Å². The number of nitriles is 1. The van der Waals surface area contributed by atoms with E-state index in [0.29, 0.717) is 0 Å². The summed E-state index contributed by atoms with van der Waals surface area (Å²) in [6.45, 7) is 0. The maximum Gasteiger partial charge on any atom is 0.281 e. The van der Waals surface area contributed by atoms with Gasteiger partial charge in [-0.05, 0) is 23.3 Å². The van der Waals surface area contributed by atoms with Crippen LogP contribution in [0.25, 0.3) is 10.4 Å². The van der Waals surface area contributed by atoms with Crippen LogP contribution in [0.2, 0.25) is 0 Å². The number of fused-ring (bicyclic) bond motifs is 1. The van der Waals surface area contributed by atoms with Crippen molar-refractivity contribution >= 4 is 21.2 Å². The number of hydrogen-bond acceptors (Lipinski definition) is 5. The summed E-state index contributed by atoms with van der Waals surface area (Å²) in [7, 11) is -3.84. The topological polar surface area (TPSA) is 78.2 Å². The van der Waals surface area contributed by atoms with Crippen LogP contribution in [0.5, 0.6) is 0 Å². The van der Waals surface area contributed by atoms with E-state index in [9.17, 15) is 26.7 Å². The van der Waals surface area contributed by atoms with Gasteiger partial charge < -0.3 is 5.11 Å². The van der Waals surface area contributed by atoms with Gasteiger partial charge in [0.25, 0.3) is 5.92 Å². The van der Waals surface area contributed by atoms with E-state index in [1.165, 1.54) is 12.1 Å². The lowest BCUT2D eigenvalue weighted by Crippen LogP contribution is -2.22. The number of aliphatic hydroxyl groups is 1. The van der Waals surface area contributed by atoms with Gasteiger partial charge in [0, 0.05) is 23.1 Å². The molecule has 0 bridgehead atoms. The summed E-state index contributed by atoms with van der Waals surface area (Å²) in [6, 6.07) is 5.21. The Labute approximate surface area is 139 Å². The van der Waals surface area contributed by atoms with Crippen molar-refractivity contribution in [3.05, 3.63) is 40.7 Å². The highest BCUT2D eigenvalue weighted by molar-refractivity contribution is 7.92. The Hall–Kier alpha value is -1.89. The first kappa shape index (κ1) is 17.0. The van der Waals surface area contributed by atoms with Crippen molar-refractivity contribution in [3.8, 4) is 16.5 Å². The molecule has 3 rings (SSSR count). The minimum absolute atomic E-state index is 0.00188. The van der Waals surface area contributed by atoms with E-state index in [1.807, 2.05) is 0 Å². The zero-order valence-corrected chi connectivity index (χ0v) is 13.8. The van der Waals surface area contributed by atoms with E-state index in [0.717, 1.165) is 23.7 Å². The van der Waals surface area contributed by atoms with Crippen molar-refractivity contribution in [2.45, 2.75) is 22.7 Å². The van der Waals surface area contributed by atoms with E-state index in [1.54, 1.807) is 6.07 Å². The zero-order chi connectivity index (χ0) is 17.9. The largest absolute Gasteiger partial charge is 0.382 e. The smallest absolute Gasteiger partial charge is 0.281 e. The predicted octanol–water partition coefficient (Wildman–Crippen LogP) is 3.05. The molecule has 1 aliphatic rings. The average Bonchev–Trinajstić information content (AvgIpc) is 2.94. The fraction of sp³-hybridized carbons (Fsp3) is 0.267. The van der Waals surface area contributed by atoms with Crippen molar-refractivity contribution in [2.75, 3.05) is 6.26 Å². The van der Waals surface area contributed by atoms with E-state index in [4.69, 9.17) is 5.26 Å². The molecule has 0 radical (unpaired) electrons. The third-order valence-corrected chi connectivity index (χ3v) is 6.93. The lowest BCUT2D eigenvalue weighted by Gasteiger charge is -2.14. The van der Waals surface area contributed by atoms with Gasteiger partial charge >= 0.3 is 0 Å². The van der Waals surface area contributed by atoms with Crippen LogP contribution in [0.1, 0.15) is 22.8 Å². The molecule has 126 valence electrons. The summed E-state index contributed by atoms with van der Waals surface area (Å²) in [5.74, 6) is -4.32. The monoisotopic (exact) mass is 373 g/mol. The minimum atomic E-state index is -3.84. The normalized spacial score (nSPS) is 19.1. The first-order chi connectivity index (χ1) is 11.1. The molecule has 2 aromatic rings. The molecule has 1 aliphatic carbocycles. The number of hydrogen-bond donors (Lipinski definition) is 1. The van der Waals surface area contributed by atoms with Crippen LogP contribution in [-0.4, -0.2) is 25.7 Å². The number of aliphatic hydroxyl groups excluding tert-OH is 1. The Morgan fingerprint density at radius 3 is 2.62 bits per heavy atom. The number of thiophene rings is 1. The summed E-state index contributed by atoms with van der Waals surface area (Å²) in [5.41, 5.74) is -0.331. The van der Waals surface area contributed by atoms with Gasteiger partial charge in [-0.15, -0.1) is 11.3 Å². The van der Waals surface area contributed by atoms with Crippen LogP contribution < -0.4 is 0 Å². The van der Waals surface area contributed by atoms with Gasteiger partial charge in [-0.2, -0.15) is 5.26 Å². The van der Waals surface area contributed by atoms with Crippen molar-refractivity contribution in [2.24, 2.45) is 0 Å². The van der Waals surface area contributed by atoms with Crippen molar-refractivity contribution < 1.29 is 26.7 Å². The van der Waals surface area contributed by atoms with E-state index < -0.39 is 34.1 Å². The third-order valence-electron chi connectivity index (χ3n) is 3.79. The Morgan fingerprint density at radius 2 is 2.08 bits per heavy atom. The van der Waals surface area contributed by atoms with E-state index in [-0.39, 0.29) is 31.3 Å². The van der Waals surface area contributed by atoms with Crippen LogP contribution in [0.4, 0.5) is 13.2 Å². The lowest BCUT2D eigenvalue weighted by atomic mass is 10.1. The van der Waals surface area contributed by atoms with Crippen LogP contribution in [-0.2, 0) is 16.3 Å². The molecule has 4 nitrogen and oxygen atoms in total. The van der Waals surface area contributed by atoms with Crippen LogP contribution in [0.3, 0.4) is 0 Å². The van der Waals surface area contributed by atoms with Gasteiger partial charge in [-0.25, -0.2) is 21.6 Å². The summed E-state index contributed by atoms with van der Waals surface area (Å²) < 4.78 is 65.0. The summed E-state index contributed by atoms with van der Waals surface area (Å²) in [6.07, 6.45) is -2.18. The highest BCUT2D eigenvalue weighted by Gasteiger charge is 2.51. The number of alkyl halides is 2. The average molecular weight is 373 g/mol. The van der Waals surface area contributed by atoms with Gasteiger partial charge in [0.15, 0.2) is 9.84 Å². The van der Waals surface area contributed by atoms with Gasteiger partial charge in [-0.3, -0.25) is 0 Å². The molecule has 1 atom stereocenters.